The lowest BCUT2D eigenvalue weighted by Crippen LogP contribution is -2.38. The van der Waals surface area contributed by atoms with Crippen molar-refractivity contribution in [1.29, 1.82) is 0 Å². The smallest absolute Gasteiger partial charge is 0.170 e. The van der Waals surface area contributed by atoms with Gasteiger partial charge in [-0.2, -0.15) is 0 Å². The molecule has 2 N–H and O–H groups in total. The van der Waals surface area contributed by atoms with Crippen molar-refractivity contribution in [2.45, 2.75) is 6.42 Å². The Bertz CT molecular complexity index is 745. The Morgan fingerprint density at radius 3 is 2.85 bits per heavy atom. The van der Waals surface area contributed by atoms with Crippen molar-refractivity contribution < 1.29 is 4.74 Å². The molecule has 0 unspecified atom stereocenters. The third-order valence-corrected chi connectivity index (χ3v) is 4.57. The molecule has 0 amide bonds. The number of hydrogen-bond donors (Lipinski definition) is 2. The van der Waals surface area contributed by atoms with Gasteiger partial charge in [0, 0.05) is 31.5 Å². The first-order valence-electron chi connectivity index (χ1n) is 9.34. The number of nitrogens with zero attached hydrogens (tertiary/aromatic N) is 2. The molecule has 6 heteroatoms. The van der Waals surface area contributed by atoms with Crippen molar-refractivity contribution in [2.75, 3.05) is 44.7 Å². The molecule has 27 heavy (non-hydrogen) atoms. The molecule has 1 aromatic heterocycles. The number of ether oxygens (including phenoxy) is 1. The Labute approximate surface area is 166 Å². The normalized spacial score (nSPS) is 15.0. The van der Waals surface area contributed by atoms with Gasteiger partial charge in [-0.05, 0) is 61.1 Å². The molecule has 2 heterocycles. The zero-order valence-corrected chi connectivity index (χ0v) is 16.3. The van der Waals surface area contributed by atoms with Crippen LogP contribution in [0, 0.1) is 0 Å². The average molecular weight is 383 g/mol. The second-order valence-electron chi connectivity index (χ2n) is 6.40. The van der Waals surface area contributed by atoms with Crippen LogP contribution in [0.1, 0.15) is 17.7 Å². The van der Waals surface area contributed by atoms with Gasteiger partial charge in [-0.3, -0.25) is 9.88 Å². The highest BCUT2D eigenvalue weighted by atomic mass is 32.1. The quantitative estimate of drug-likeness (QED) is 0.566. The third kappa shape index (κ3) is 7.09. The lowest BCUT2D eigenvalue weighted by Gasteiger charge is -2.26. The van der Waals surface area contributed by atoms with E-state index in [2.05, 4.69) is 32.7 Å². The highest BCUT2D eigenvalue weighted by Gasteiger charge is 2.09. The summed E-state index contributed by atoms with van der Waals surface area (Å²) in [6, 6.07) is 14.0. The molecule has 0 radical (unpaired) electrons. The van der Waals surface area contributed by atoms with Crippen LogP contribution in [0.15, 0.2) is 48.7 Å². The van der Waals surface area contributed by atoms with Crippen molar-refractivity contribution in [3.05, 3.63) is 59.9 Å². The molecule has 0 spiro atoms. The number of morpholine rings is 1. The number of rotatable bonds is 7. The number of anilines is 1. The van der Waals surface area contributed by atoms with E-state index in [1.54, 1.807) is 6.20 Å². The Morgan fingerprint density at radius 1 is 1.15 bits per heavy atom. The molecule has 0 aliphatic carbocycles. The van der Waals surface area contributed by atoms with Crippen LogP contribution >= 0.6 is 12.2 Å². The van der Waals surface area contributed by atoms with Crippen molar-refractivity contribution in [3.63, 3.8) is 0 Å². The maximum atomic E-state index is 5.41. The van der Waals surface area contributed by atoms with E-state index >= 15 is 0 Å². The molecule has 1 fully saturated rings. The fraction of sp³-hybridized carbons (Fsp3) is 0.333. The van der Waals surface area contributed by atoms with E-state index in [1.807, 2.05) is 42.5 Å². The lowest BCUT2D eigenvalue weighted by molar-refractivity contribution is 0.0376. The van der Waals surface area contributed by atoms with Gasteiger partial charge in [-0.1, -0.05) is 24.3 Å². The summed E-state index contributed by atoms with van der Waals surface area (Å²) in [5.41, 5.74) is 3.01. The van der Waals surface area contributed by atoms with Crippen LogP contribution in [0.25, 0.3) is 12.2 Å². The maximum absolute atomic E-state index is 5.41. The van der Waals surface area contributed by atoms with Gasteiger partial charge in [0.05, 0.1) is 18.9 Å². The molecule has 1 aliphatic rings. The second-order valence-corrected chi connectivity index (χ2v) is 6.81. The molecule has 2 aromatic rings. The number of pyridine rings is 1. The minimum atomic E-state index is 0.655. The highest BCUT2D eigenvalue weighted by molar-refractivity contribution is 7.80. The van der Waals surface area contributed by atoms with E-state index in [-0.39, 0.29) is 0 Å². The molecule has 142 valence electrons. The first-order valence-corrected chi connectivity index (χ1v) is 9.74. The van der Waals surface area contributed by atoms with Crippen LogP contribution in [0.5, 0.6) is 0 Å². The van der Waals surface area contributed by atoms with Gasteiger partial charge >= 0.3 is 0 Å². The lowest BCUT2D eigenvalue weighted by atomic mass is 10.1. The van der Waals surface area contributed by atoms with Gasteiger partial charge < -0.3 is 15.4 Å². The van der Waals surface area contributed by atoms with Crippen molar-refractivity contribution >= 4 is 35.2 Å². The van der Waals surface area contributed by atoms with Crippen LogP contribution < -0.4 is 10.6 Å². The number of aromatic nitrogens is 1. The SMILES string of the molecule is S=C(NCCCN1CCOCC1)Nc1cccc(/C=C/c2ccccn2)c1. The largest absolute Gasteiger partial charge is 0.379 e. The monoisotopic (exact) mass is 382 g/mol. The van der Waals surface area contributed by atoms with Crippen LogP contribution in [0.3, 0.4) is 0 Å². The van der Waals surface area contributed by atoms with Gasteiger partial charge in [-0.15, -0.1) is 0 Å². The van der Waals surface area contributed by atoms with Gasteiger partial charge in [0.25, 0.3) is 0 Å². The minimum absolute atomic E-state index is 0.655. The Balaban J connectivity index is 1.41. The summed E-state index contributed by atoms with van der Waals surface area (Å²) in [6.45, 7) is 5.69. The predicted molar refractivity (Wildman–Crippen MR) is 116 cm³/mol. The van der Waals surface area contributed by atoms with E-state index in [1.165, 1.54) is 0 Å². The Kier molecular flexibility index (Phi) is 7.77. The molecule has 3 rings (SSSR count). The van der Waals surface area contributed by atoms with Gasteiger partial charge in [0.1, 0.15) is 0 Å². The summed E-state index contributed by atoms with van der Waals surface area (Å²) in [4.78, 5) is 6.73. The second kappa shape index (κ2) is 10.8. The van der Waals surface area contributed by atoms with Crippen molar-refractivity contribution in [3.8, 4) is 0 Å². The van der Waals surface area contributed by atoms with Crippen LogP contribution in [0.4, 0.5) is 5.69 Å². The molecule has 5 nitrogen and oxygen atoms in total. The predicted octanol–water partition coefficient (Wildman–Crippen LogP) is 3.26. The molecular formula is C21H26N4OS. The summed E-state index contributed by atoms with van der Waals surface area (Å²) in [7, 11) is 0. The van der Waals surface area contributed by atoms with Crippen LogP contribution in [0.2, 0.25) is 0 Å². The van der Waals surface area contributed by atoms with E-state index in [0.29, 0.717) is 5.11 Å². The van der Waals surface area contributed by atoms with Crippen molar-refractivity contribution in [1.82, 2.24) is 15.2 Å². The fourth-order valence-corrected chi connectivity index (χ4v) is 3.10. The summed E-state index contributed by atoms with van der Waals surface area (Å²) in [6.07, 6.45) is 6.91. The van der Waals surface area contributed by atoms with Gasteiger partial charge in [0.15, 0.2) is 5.11 Å². The number of thiocarbonyl (C=S) groups is 1. The maximum Gasteiger partial charge on any atom is 0.170 e. The molecule has 0 saturated carbocycles. The summed E-state index contributed by atoms with van der Waals surface area (Å²) in [5.74, 6) is 0. The zero-order chi connectivity index (χ0) is 18.7. The molecule has 1 saturated heterocycles. The highest BCUT2D eigenvalue weighted by Crippen LogP contribution is 2.13. The minimum Gasteiger partial charge on any atom is -0.379 e. The Morgan fingerprint density at radius 2 is 2.04 bits per heavy atom. The fourth-order valence-electron chi connectivity index (χ4n) is 2.88. The van der Waals surface area contributed by atoms with Crippen LogP contribution in [-0.2, 0) is 4.74 Å². The third-order valence-electron chi connectivity index (χ3n) is 4.32. The number of nitrogens with one attached hydrogen (secondary N) is 2. The standard InChI is InChI=1S/C21H26N4OS/c27-21(23-11-4-12-25-13-15-26-16-14-25)24-20-7-3-5-18(17-20)8-9-19-6-1-2-10-22-19/h1-3,5-10,17H,4,11-16H2,(H2,23,24,27)/b9-8+. The average Bonchev–Trinajstić information content (AvgIpc) is 2.72. The molecular weight excluding hydrogens is 356 g/mol. The van der Waals surface area contributed by atoms with E-state index in [4.69, 9.17) is 17.0 Å². The molecule has 1 aromatic carbocycles. The number of hydrogen-bond acceptors (Lipinski definition) is 4. The number of benzene rings is 1. The molecule has 0 bridgehead atoms. The van der Waals surface area contributed by atoms with E-state index in [9.17, 15) is 0 Å². The summed E-state index contributed by atoms with van der Waals surface area (Å²) >= 11 is 5.41. The first-order chi connectivity index (χ1) is 13.3. The van der Waals surface area contributed by atoms with Gasteiger partial charge in [0.2, 0.25) is 0 Å². The van der Waals surface area contributed by atoms with Crippen molar-refractivity contribution in [2.24, 2.45) is 0 Å². The molecule has 1 aliphatic heterocycles. The Hall–Kier alpha value is -2.28. The van der Waals surface area contributed by atoms with Crippen LogP contribution in [-0.4, -0.2) is 54.4 Å². The van der Waals surface area contributed by atoms with E-state index in [0.717, 1.165) is 62.8 Å². The first kappa shape index (κ1) is 19.5. The topological polar surface area (TPSA) is 49.4 Å². The summed E-state index contributed by atoms with van der Waals surface area (Å²) in [5, 5.41) is 7.19. The molecule has 0 atom stereocenters. The summed E-state index contributed by atoms with van der Waals surface area (Å²) < 4.78 is 5.37. The van der Waals surface area contributed by atoms with E-state index < -0.39 is 0 Å². The zero-order valence-electron chi connectivity index (χ0n) is 15.4. The van der Waals surface area contributed by atoms with Gasteiger partial charge in [-0.25, -0.2) is 0 Å².